The predicted octanol–water partition coefficient (Wildman–Crippen LogP) is 1.67. The summed E-state index contributed by atoms with van der Waals surface area (Å²) in [4.78, 5) is 0. The molecule has 0 bridgehead atoms. The van der Waals surface area contributed by atoms with Crippen molar-refractivity contribution in [2.75, 3.05) is 12.3 Å². The average molecular weight is 403 g/mol. The van der Waals surface area contributed by atoms with Crippen molar-refractivity contribution < 1.29 is 25.6 Å². The Kier molecular flexibility index (Phi) is 5.13. The van der Waals surface area contributed by atoms with Crippen molar-refractivity contribution in [3.05, 3.63) is 41.5 Å². The van der Waals surface area contributed by atoms with Gasteiger partial charge in [0, 0.05) is 12.1 Å². The predicted molar refractivity (Wildman–Crippen MR) is 89.7 cm³/mol. The number of sulfonamides is 1. The minimum Gasteiger partial charge on any atom is -0.411 e. The van der Waals surface area contributed by atoms with Crippen molar-refractivity contribution in [3.63, 3.8) is 0 Å². The smallest absolute Gasteiger partial charge is 0.335 e. The summed E-state index contributed by atoms with van der Waals surface area (Å²) in [6, 6.07) is 4.83. The number of aromatic nitrogens is 2. The van der Waals surface area contributed by atoms with Gasteiger partial charge in [0.15, 0.2) is 0 Å². The van der Waals surface area contributed by atoms with Gasteiger partial charge in [-0.25, -0.2) is 21.2 Å². The van der Waals surface area contributed by atoms with Crippen LogP contribution in [0.15, 0.2) is 33.9 Å². The van der Waals surface area contributed by atoms with Gasteiger partial charge >= 0.3 is 5.22 Å². The fourth-order valence-corrected chi connectivity index (χ4v) is 5.32. The zero-order chi connectivity index (χ0) is 18.9. The third kappa shape index (κ3) is 3.64. The highest BCUT2D eigenvalue weighted by Crippen LogP contribution is 2.34. The summed E-state index contributed by atoms with van der Waals surface area (Å²) in [7, 11) is -7.52. The third-order valence-electron chi connectivity index (χ3n) is 4.20. The number of hydrogen-bond donors (Lipinski definition) is 0. The molecular formula is C15H18FN3O5S2. The second-order valence-electron chi connectivity index (χ2n) is 5.93. The van der Waals surface area contributed by atoms with Crippen LogP contribution in [-0.4, -0.2) is 43.6 Å². The zero-order valence-electron chi connectivity index (χ0n) is 14.0. The summed E-state index contributed by atoms with van der Waals surface area (Å²) in [5.41, 5.74) is -0.0108. The molecule has 11 heteroatoms. The van der Waals surface area contributed by atoms with Crippen LogP contribution >= 0.6 is 0 Å². The standard InChI is InChI=1S/C15H18FN3O5S2/c1-2-26(22,23)19-9-5-8-13(19)14-17-18-15(24-14)25(20,21)10-11-6-3-4-7-12(11)16/h3-4,6-7,13H,2,5,8-10H2,1H3/t13-/m0/s1. The van der Waals surface area contributed by atoms with Gasteiger partial charge in [0.05, 0.1) is 11.5 Å². The summed E-state index contributed by atoms with van der Waals surface area (Å²) >= 11 is 0. The molecular weight excluding hydrogens is 385 g/mol. The van der Waals surface area contributed by atoms with Crippen LogP contribution in [0.3, 0.4) is 0 Å². The molecule has 0 N–H and O–H groups in total. The number of rotatable bonds is 6. The molecule has 1 aliphatic rings. The van der Waals surface area contributed by atoms with Crippen LogP contribution in [0.2, 0.25) is 0 Å². The Hall–Kier alpha value is -1.85. The van der Waals surface area contributed by atoms with Crippen molar-refractivity contribution in [1.82, 2.24) is 14.5 Å². The maximum atomic E-state index is 13.7. The van der Waals surface area contributed by atoms with Gasteiger partial charge < -0.3 is 4.42 Å². The van der Waals surface area contributed by atoms with E-state index in [4.69, 9.17) is 4.42 Å². The first-order valence-corrected chi connectivity index (χ1v) is 11.3. The summed E-state index contributed by atoms with van der Waals surface area (Å²) in [5.74, 6) is -1.41. The summed E-state index contributed by atoms with van der Waals surface area (Å²) in [6.45, 7) is 1.85. The monoisotopic (exact) mass is 403 g/mol. The molecule has 0 spiro atoms. The first-order chi connectivity index (χ1) is 12.2. The van der Waals surface area contributed by atoms with Gasteiger partial charge in [0.25, 0.3) is 0 Å². The number of hydrogen-bond acceptors (Lipinski definition) is 7. The second-order valence-corrected chi connectivity index (χ2v) is 10.0. The first-order valence-electron chi connectivity index (χ1n) is 8.03. The number of halogens is 1. The SMILES string of the molecule is CCS(=O)(=O)N1CCC[C@H]1c1nnc(S(=O)(=O)Cc2ccccc2F)o1. The Bertz CT molecular complexity index is 1000. The molecule has 142 valence electrons. The molecule has 0 unspecified atom stereocenters. The Morgan fingerprint density at radius 1 is 1.23 bits per heavy atom. The van der Waals surface area contributed by atoms with Crippen molar-refractivity contribution in [3.8, 4) is 0 Å². The molecule has 26 heavy (non-hydrogen) atoms. The Morgan fingerprint density at radius 3 is 2.65 bits per heavy atom. The molecule has 0 amide bonds. The molecule has 1 atom stereocenters. The van der Waals surface area contributed by atoms with Crippen LogP contribution in [0.5, 0.6) is 0 Å². The third-order valence-corrected chi connectivity index (χ3v) is 7.47. The van der Waals surface area contributed by atoms with Gasteiger partial charge in [-0.1, -0.05) is 23.3 Å². The van der Waals surface area contributed by atoms with Crippen LogP contribution in [-0.2, 0) is 25.6 Å². The highest BCUT2D eigenvalue weighted by Gasteiger charge is 2.38. The number of nitrogens with zero attached hydrogens (tertiary/aromatic N) is 3. The Balaban J connectivity index is 1.86. The lowest BCUT2D eigenvalue weighted by Gasteiger charge is -2.20. The van der Waals surface area contributed by atoms with Gasteiger partial charge in [-0.15, -0.1) is 5.10 Å². The lowest BCUT2D eigenvalue weighted by Crippen LogP contribution is -2.32. The van der Waals surface area contributed by atoms with E-state index < -0.39 is 42.7 Å². The molecule has 1 aromatic heterocycles. The molecule has 0 saturated carbocycles. The van der Waals surface area contributed by atoms with Crippen LogP contribution in [0.1, 0.15) is 37.3 Å². The maximum Gasteiger partial charge on any atom is 0.335 e. The zero-order valence-corrected chi connectivity index (χ0v) is 15.6. The molecule has 1 saturated heterocycles. The van der Waals surface area contributed by atoms with E-state index in [-0.39, 0.29) is 17.2 Å². The molecule has 3 rings (SSSR count). The van der Waals surface area contributed by atoms with Gasteiger partial charge in [-0.05, 0) is 25.8 Å². The second kappa shape index (κ2) is 7.05. The van der Waals surface area contributed by atoms with E-state index in [1.165, 1.54) is 29.4 Å². The van der Waals surface area contributed by atoms with Crippen molar-refractivity contribution >= 4 is 19.9 Å². The molecule has 8 nitrogen and oxygen atoms in total. The minimum absolute atomic E-state index is 0.0108. The fourth-order valence-electron chi connectivity index (χ4n) is 2.85. The van der Waals surface area contributed by atoms with Crippen LogP contribution in [0.25, 0.3) is 0 Å². The van der Waals surface area contributed by atoms with E-state index >= 15 is 0 Å². The van der Waals surface area contributed by atoms with E-state index in [2.05, 4.69) is 10.2 Å². The number of benzene rings is 1. The summed E-state index contributed by atoms with van der Waals surface area (Å²) in [6.07, 6.45) is 1.08. The highest BCUT2D eigenvalue weighted by molar-refractivity contribution is 7.90. The van der Waals surface area contributed by atoms with E-state index in [0.717, 1.165) is 6.07 Å². The largest absolute Gasteiger partial charge is 0.411 e. The van der Waals surface area contributed by atoms with Gasteiger partial charge in [0.1, 0.15) is 11.9 Å². The lowest BCUT2D eigenvalue weighted by atomic mass is 10.2. The fraction of sp³-hybridized carbons (Fsp3) is 0.467. The molecule has 1 aliphatic heterocycles. The molecule has 2 aromatic rings. The number of sulfone groups is 1. The average Bonchev–Trinajstić information content (AvgIpc) is 3.26. The van der Waals surface area contributed by atoms with Gasteiger partial charge in [-0.2, -0.15) is 4.31 Å². The van der Waals surface area contributed by atoms with Gasteiger partial charge in [-0.3, -0.25) is 0 Å². The highest BCUT2D eigenvalue weighted by atomic mass is 32.2. The van der Waals surface area contributed by atoms with E-state index in [0.29, 0.717) is 19.4 Å². The minimum atomic E-state index is -4.05. The molecule has 2 heterocycles. The van der Waals surface area contributed by atoms with Crippen molar-refractivity contribution in [1.29, 1.82) is 0 Å². The maximum absolute atomic E-state index is 13.7. The van der Waals surface area contributed by atoms with Crippen molar-refractivity contribution in [2.45, 2.75) is 36.8 Å². The lowest BCUT2D eigenvalue weighted by molar-refractivity contribution is 0.303. The van der Waals surface area contributed by atoms with E-state index in [1.807, 2.05) is 0 Å². The normalized spacial score (nSPS) is 19.1. The van der Waals surface area contributed by atoms with E-state index in [9.17, 15) is 21.2 Å². The van der Waals surface area contributed by atoms with Crippen LogP contribution in [0.4, 0.5) is 4.39 Å². The van der Waals surface area contributed by atoms with Gasteiger partial charge in [0.2, 0.25) is 25.8 Å². The molecule has 1 aromatic carbocycles. The quantitative estimate of drug-likeness (QED) is 0.721. The Labute approximate surface area is 151 Å². The topological polar surface area (TPSA) is 110 Å². The summed E-state index contributed by atoms with van der Waals surface area (Å²) < 4.78 is 69.4. The first kappa shape index (κ1) is 18.9. The van der Waals surface area contributed by atoms with Crippen molar-refractivity contribution in [2.24, 2.45) is 0 Å². The van der Waals surface area contributed by atoms with E-state index in [1.54, 1.807) is 0 Å². The summed E-state index contributed by atoms with van der Waals surface area (Å²) in [5, 5.41) is 6.64. The molecule has 0 aliphatic carbocycles. The molecule has 1 fully saturated rings. The Morgan fingerprint density at radius 2 is 1.96 bits per heavy atom. The van der Waals surface area contributed by atoms with Crippen LogP contribution in [0, 0.1) is 5.82 Å². The molecule has 0 radical (unpaired) electrons. The van der Waals surface area contributed by atoms with Crippen LogP contribution < -0.4 is 0 Å².